The summed E-state index contributed by atoms with van der Waals surface area (Å²) >= 11 is 3.35. The third-order valence-electron chi connectivity index (χ3n) is 6.61. The average molecular weight is 570 g/mol. The zero-order valence-corrected chi connectivity index (χ0v) is 20.9. The lowest BCUT2D eigenvalue weighted by molar-refractivity contribution is -0.0495. The SMILES string of the molecule is CS(=O)(=O)c1ccc(F)c2c3ncc(Br)cc3n(C(c3ncccc3F)C3CCC(F)(F)CC3)c12. The van der Waals surface area contributed by atoms with E-state index in [2.05, 4.69) is 25.9 Å². The summed E-state index contributed by atoms with van der Waals surface area (Å²) in [6.45, 7) is 0. The number of benzene rings is 1. The average Bonchev–Trinajstić information content (AvgIpc) is 3.10. The number of rotatable bonds is 4. The fraction of sp³-hybridized carbons (Fsp3) is 0.333. The third kappa shape index (κ3) is 4.22. The van der Waals surface area contributed by atoms with Gasteiger partial charge in [-0.3, -0.25) is 9.97 Å². The molecule has 3 aromatic heterocycles. The first-order valence-corrected chi connectivity index (χ1v) is 13.6. The van der Waals surface area contributed by atoms with E-state index in [0.29, 0.717) is 9.99 Å². The Hall–Kier alpha value is -2.53. The van der Waals surface area contributed by atoms with E-state index < -0.39 is 52.2 Å². The molecule has 3 heterocycles. The standard InChI is InChI=1S/C24H20BrF4N3O2S/c1-35(33,34)18-5-4-15(26)19-21-17(11-14(25)12-31-21)32(23(18)19)22(20-16(27)3-2-10-30-20)13-6-8-24(28,29)9-7-13/h2-5,10-13,22H,6-9H2,1H3. The quantitative estimate of drug-likeness (QED) is 0.209. The van der Waals surface area contributed by atoms with Crippen LogP contribution in [0.2, 0.25) is 0 Å². The zero-order valence-electron chi connectivity index (χ0n) is 18.5. The topological polar surface area (TPSA) is 64.8 Å². The Kier molecular flexibility index (Phi) is 5.90. The highest BCUT2D eigenvalue weighted by Crippen LogP contribution is 2.47. The molecule has 5 nitrogen and oxygen atoms in total. The van der Waals surface area contributed by atoms with Crippen LogP contribution in [0.4, 0.5) is 17.6 Å². The van der Waals surface area contributed by atoms with Crippen LogP contribution in [0.25, 0.3) is 21.9 Å². The molecule has 0 radical (unpaired) electrons. The molecule has 1 aromatic carbocycles. The first kappa shape index (κ1) is 24.2. The molecule has 1 unspecified atom stereocenters. The molecular formula is C24H20BrF4N3O2S. The van der Waals surface area contributed by atoms with E-state index in [1.807, 2.05) is 0 Å². The van der Waals surface area contributed by atoms with Crippen LogP contribution in [-0.2, 0) is 9.84 Å². The van der Waals surface area contributed by atoms with Gasteiger partial charge in [-0.1, -0.05) is 0 Å². The van der Waals surface area contributed by atoms with Crippen molar-refractivity contribution in [3.8, 4) is 0 Å². The van der Waals surface area contributed by atoms with Gasteiger partial charge in [0.25, 0.3) is 0 Å². The summed E-state index contributed by atoms with van der Waals surface area (Å²) < 4.78 is 86.2. The van der Waals surface area contributed by atoms with Gasteiger partial charge in [0.1, 0.15) is 11.6 Å². The summed E-state index contributed by atoms with van der Waals surface area (Å²) in [6.07, 6.45) is 3.17. The summed E-state index contributed by atoms with van der Waals surface area (Å²) in [7, 11) is -3.86. The van der Waals surface area contributed by atoms with Crippen LogP contribution in [-0.4, -0.2) is 35.1 Å². The highest BCUT2D eigenvalue weighted by atomic mass is 79.9. The van der Waals surface area contributed by atoms with Crippen molar-refractivity contribution in [1.82, 2.24) is 14.5 Å². The van der Waals surface area contributed by atoms with Crippen molar-refractivity contribution < 1.29 is 26.0 Å². The lowest BCUT2D eigenvalue weighted by Gasteiger charge is -2.35. The van der Waals surface area contributed by atoms with Crippen molar-refractivity contribution >= 4 is 47.7 Å². The maximum atomic E-state index is 15.2. The fourth-order valence-electron chi connectivity index (χ4n) is 5.08. The van der Waals surface area contributed by atoms with Gasteiger partial charge in [0.05, 0.1) is 38.6 Å². The highest BCUT2D eigenvalue weighted by molar-refractivity contribution is 9.10. The van der Waals surface area contributed by atoms with Gasteiger partial charge >= 0.3 is 0 Å². The number of hydrogen-bond acceptors (Lipinski definition) is 4. The molecule has 0 N–H and O–H groups in total. The van der Waals surface area contributed by atoms with Gasteiger partial charge in [0.15, 0.2) is 9.84 Å². The molecule has 1 aliphatic rings. The van der Waals surface area contributed by atoms with Gasteiger partial charge in [0.2, 0.25) is 5.92 Å². The minimum Gasteiger partial charge on any atom is -0.328 e. The monoisotopic (exact) mass is 569 g/mol. The largest absolute Gasteiger partial charge is 0.328 e. The van der Waals surface area contributed by atoms with Crippen LogP contribution in [0.15, 0.2) is 52.1 Å². The Bertz CT molecular complexity index is 1560. The van der Waals surface area contributed by atoms with Crippen LogP contribution < -0.4 is 0 Å². The van der Waals surface area contributed by atoms with E-state index in [9.17, 15) is 17.2 Å². The molecule has 11 heteroatoms. The van der Waals surface area contributed by atoms with E-state index in [4.69, 9.17) is 0 Å². The number of alkyl halides is 2. The molecule has 5 rings (SSSR count). The summed E-state index contributed by atoms with van der Waals surface area (Å²) in [5.41, 5.74) is 0.524. The summed E-state index contributed by atoms with van der Waals surface area (Å²) in [5.74, 6) is -4.70. The molecule has 0 bridgehead atoms. The zero-order chi connectivity index (χ0) is 25.1. The Morgan fingerprint density at radius 1 is 1.11 bits per heavy atom. The summed E-state index contributed by atoms with van der Waals surface area (Å²) in [5, 5.41) is -0.0297. The van der Waals surface area contributed by atoms with Crippen LogP contribution in [0.1, 0.15) is 37.4 Å². The van der Waals surface area contributed by atoms with Gasteiger partial charge in [-0.2, -0.15) is 0 Å². The number of hydrogen-bond donors (Lipinski definition) is 0. The molecule has 4 aromatic rings. The minimum atomic E-state index is -3.86. The Labute approximate surface area is 207 Å². The van der Waals surface area contributed by atoms with E-state index in [1.54, 1.807) is 6.07 Å². The van der Waals surface area contributed by atoms with E-state index in [1.165, 1.54) is 29.1 Å². The van der Waals surface area contributed by atoms with Gasteiger partial charge in [-0.15, -0.1) is 0 Å². The minimum absolute atomic E-state index is 0.0143. The first-order valence-electron chi connectivity index (χ1n) is 10.9. The van der Waals surface area contributed by atoms with Crippen LogP contribution in [0, 0.1) is 17.6 Å². The predicted molar refractivity (Wildman–Crippen MR) is 127 cm³/mol. The van der Waals surface area contributed by atoms with Crippen molar-refractivity contribution in [3.63, 3.8) is 0 Å². The molecule has 1 aliphatic carbocycles. The smallest absolute Gasteiger partial charge is 0.248 e. The lowest BCUT2D eigenvalue weighted by Crippen LogP contribution is -2.31. The normalized spacial score (nSPS) is 17.8. The Morgan fingerprint density at radius 3 is 2.49 bits per heavy atom. The Balaban J connectivity index is 1.93. The van der Waals surface area contributed by atoms with Crippen LogP contribution >= 0.6 is 15.9 Å². The molecule has 0 spiro atoms. The Morgan fingerprint density at radius 2 is 1.83 bits per heavy atom. The molecule has 1 fully saturated rings. The number of pyridine rings is 2. The van der Waals surface area contributed by atoms with Crippen molar-refractivity contribution in [2.45, 2.75) is 42.5 Å². The van der Waals surface area contributed by atoms with E-state index in [-0.39, 0.29) is 39.9 Å². The van der Waals surface area contributed by atoms with Crippen LogP contribution in [0.3, 0.4) is 0 Å². The van der Waals surface area contributed by atoms with E-state index >= 15 is 8.78 Å². The second-order valence-electron chi connectivity index (χ2n) is 8.94. The molecule has 35 heavy (non-hydrogen) atoms. The number of halogens is 5. The van der Waals surface area contributed by atoms with Gasteiger partial charge in [0, 0.05) is 36.0 Å². The summed E-state index contributed by atoms with van der Waals surface area (Å²) in [6, 6.07) is 5.52. The van der Waals surface area contributed by atoms with Crippen molar-refractivity contribution in [2.24, 2.45) is 5.92 Å². The molecule has 0 amide bonds. The number of aromatic nitrogens is 3. The maximum absolute atomic E-state index is 15.2. The fourth-order valence-corrected chi connectivity index (χ4v) is 6.26. The highest BCUT2D eigenvalue weighted by Gasteiger charge is 2.41. The molecule has 0 aliphatic heterocycles. The number of sulfone groups is 1. The van der Waals surface area contributed by atoms with Crippen molar-refractivity contribution in [3.05, 3.63) is 64.5 Å². The number of nitrogens with zero attached hydrogens (tertiary/aromatic N) is 3. The lowest BCUT2D eigenvalue weighted by atomic mass is 9.80. The van der Waals surface area contributed by atoms with Gasteiger partial charge in [-0.05, 0) is 65.0 Å². The second kappa shape index (κ2) is 8.55. The van der Waals surface area contributed by atoms with Crippen LogP contribution in [0.5, 0.6) is 0 Å². The van der Waals surface area contributed by atoms with Crippen molar-refractivity contribution in [1.29, 1.82) is 0 Å². The van der Waals surface area contributed by atoms with E-state index in [0.717, 1.165) is 18.4 Å². The van der Waals surface area contributed by atoms with Crippen molar-refractivity contribution in [2.75, 3.05) is 6.26 Å². The number of fused-ring (bicyclic) bond motifs is 3. The van der Waals surface area contributed by atoms with Gasteiger partial charge < -0.3 is 4.57 Å². The maximum Gasteiger partial charge on any atom is 0.248 e. The molecule has 184 valence electrons. The third-order valence-corrected chi connectivity index (χ3v) is 8.18. The van der Waals surface area contributed by atoms with Gasteiger partial charge in [-0.25, -0.2) is 26.0 Å². The first-order chi connectivity index (χ1) is 16.5. The predicted octanol–water partition coefficient (Wildman–Crippen LogP) is 6.44. The molecule has 1 atom stereocenters. The molecular weight excluding hydrogens is 550 g/mol. The second-order valence-corrected chi connectivity index (χ2v) is 11.8. The molecule has 1 saturated carbocycles. The molecule has 0 saturated heterocycles. The summed E-state index contributed by atoms with van der Waals surface area (Å²) in [4.78, 5) is 8.42.